The van der Waals surface area contributed by atoms with E-state index in [2.05, 4.69) is 34.6 Å². The topological polar surface area (TPSA) is 65.7 Å². The quantitative estimate of drug-likeness (QED) is 0.489. The lowest BCUT2D eigenvalue weighted by Crippen LogP contribution is -2.41. The maximum absolute atomic E-state index is 14.2. The predicted molar refractivity (Wildman–Crippen MR) is 111 cm³/mol. The van der Waals surface area contributed by atoms with Crippen molar-refractivity contribution < 1.29 is 13.3 Å². The van der Waals surface area contributed by atoms with Gasteiger partial charge in [0.1, 0.15) is 11.6 Å². The van der Waals surface area contributed by atoms with E-state index in [0.717, 1.165) is 18.5 Å². The number of aliphatic imine (C=N–C) groups is 1. The normalized spacial score (nSPS) is 13.2. The molecule has 1 unspecified atom stereocenters. The van der Waals surface area contributed by atoms with Crippen molar-refractivity contribution in [1.29, 1.82) is 0 Å². The second kappa shape index (κ2) is 10.9. The minimum atomic E-state index is -0.566. The molecule has 160 valence electrons. The van der Waals surface area contributed by atoms with E-state index < -0.39 is 17.7 Å². The molecule has 2 rings (SSSR count). The molecule has 0 saturated carbocycles. The zero-order valence-electron chi connectivity index (χ0n) is 17.8. The Balaban J connectivity index is 1.99. The summed E-state index contributed by atoms with van der Waals surface area (Å²) in [4.78, 5) is 5.94. The summed E-state index contributed by atoms with van der Waals surface area (Å²) in [6, 6.07) is 5.35. The van der Waals surface area contributed by atoms with Crippen molar-refractivity contribution in [1.82, 2.24) is 20.7 Å². The van der Waals surface area contributed by atoms with Crippen LogP contribution < -0.4 is 10.6 Å². The Hall–Kier alpha value is -2.48. The molecule has 1 atom stereocenters. The molecule has 6 nitrogen and oxygen atoms in total. The van der Waals surface area contributed by atoms with Gasteiger partial charge in [0.25, 0.3) is 0 Å². The molecule has 0 radical (unpaired) electrons. The van der Waals surface area contributed by atoms with E-state index >= 15 is 0 Å². The SMILES string of the molecule is CCC(CC)c1cc(CNC(=NC)NCC(c2c(F)cccc2F)N(C)C)on1. The lowest BCUT2D eigenvalue weighted by atomic mass is 9.99. The van der Waals surface area contributed by atoms with E-state index in [0.29, 0.717) is 24.2 Å². The van der Waals surface area contributed by atoms with Crippen molar-refractivity contribution in [3.05, 3.63) is 52.9 Å². The number of guanidine groups is 1. The molecule has 1 aromatic carbocycles. The van der Waals surface area contributed by atoms with Crippen molar-refractivity contribution in [2.45, 2.75) is 45.2 Å². The van der Waals surface area contributed by atoms with Crippen molar-refractivity contribution in [3.63, 3.8) is 0 Å². The van der Waals surface area contributed by atoms with E-state index in [1.165, 1.54) is 18.2 Å². The number of halogens is 2. The molecule has 1 aromatic heterocycles. The summed E-state index contributed by atoms with van der Waals surface area (Å²) in [6.07, 6.45) is 2.02. The highest BCUT2D eigenvalue weighted by molar-refractivity contribution is 5.79. The largest absolute Gasteiger partial charge is 0.359 e. The molecule has 0 amide bonds. The van der Waals surface area contributed by atoms with Gasteiger partial charge in [-0.15, -0.1) is 0 Å². The molecule has 0 aliphatic rings. The second-order valence-corrected chi connectivity index (χ2v) is 7.15. The first kappa shape index (κ1) is 22.8. The molecule has 0 fully saturated rings. The minimum Gasteiger partial charge on any atom is -0.359 e. The van der Waals surface area contributed by atoms with E-state index in [9.17, 15) is 8.78 Å². The lowest BCUT2D eigenvalue weighted by molar-refractivity contribution is 0.282. The Morgan fingerprint density at radius 1 is 1.17 bits per heavy atom. The number of hydrogen-bond acceptors (Lipinski definition) is 4. The maximum Gasteiger partial charge on any atom is 0.191 e. The average molecular weight is 408 g/mol. The fourth-order valence-electron chi connectivity index (χ4n) is 3.27. The Morgan fingerprint density at radius 3 is 2.38 bits per heavy atom. The molecule has 0 aliphatic heterocycles. The Kier molecular flexibility index (Phi) is 8.57. The molecule has 29 heavy (non-hydrogen) atoms. The van der Waals surface area contributed by atoms with Crippen LogP contribution in [-0.4, -0.2) is 43.7 Å². The molecule has 0 bridgehead atoms. The first-order valence-electron chi connectivity index (χ1n) is 9.91. The minimum absolute atomic E-state index is 0.0329. The molecule has 2 N–H and O–H groups in total. The first-order chi connectivity index (χ1) is 13.9. The van der Waals surface area contributed by atoms with Crippen LogP contribution in [0.2, 0.25) is 0 Å². The summed E-state index contributed by atoms with van der Waals surface area (Å²) in [5.41, 5.74) is 0.989. The molecular formula is C21H31F2N5O. The maximum atomic E-state index is 14.2. The summed E-state index contributed by atoms with van der Waals surface area (Å²) in [5.74, 6) is 0.475. The highest BCUT2D eigenvalue weighted by Crippen LogP contribution is 2.24. The number of benzene rings is 1. The summed E-state index contributed by atoms with van der Waals surface area (Å²) in [6.45, 7) is 4.95. The van der Waals surface area contributed by atoms with Gasteiger partial charge in [0.05, 0.1) is 18.3 Å². The number of hydrogen-bond donors (Lipinski definition) is 2. The molecule has 0 spiro atoms. The van der Waals surface area contributed by atoms with Gasteiger partial charge < -0.3 is 20.1 Å². The van der Waals surface area contributed by atoms with Gasteiger partial charge in [-0.2, -0.15) is 0 Å². The number of nitrogens with one attached hydrogen (secondary N) is 2. The molecule has 0 aliphatic carbocycles. The Morgan fingerprint density at radius 2 is 1.83 bits per heavy atom. The monoisotopic (exact) mass is 407 g/mol. The predicted octanol–water partition coefficient (Wildman–Crippen LogP) is 3.82. The van der Waals surface area contributed by atoms with Crippen LogP contribution in [0.1, 0.15) is 55.7 Å². The summed E-state index contributed by atoms with van der Waals surface area (Å²) >= 11 is 0. The van der Waals surface area contributed by atoms with E-state index in [1.54, 1.807) is 26.0 Å². The van der Waals surface area contributed by atoms with Gasteiger partial charge in [-0.3, -0.25) is 4.99 Å². The number of aromatic nitrogens is 1. The molecule has 2 aromatic rings. The van der Waals surface area contributed by atoms with E-state index in [4.69, 9.17) is 4.52 Å². The standard InChI is InChI=1S/C21H31F2N5O/c1-6-14(7-2)18-11-15(29-27-18)12-25-21(24-3)26-13-19(28(4)5)20-16(22)9-8-10-17(20)23/h8-11,14,19H,6-7,12-13H2,1-5H3,(H2,24,25,26). The van der Waals surface area contributed by atoms with Crippen molar-refractivity contribution >= 4 is 5.96 Å². The number of likely N-dealkylation sites (N-methyl/N-ethyl adjacent to an activating group) is 1. The van der Waals surface area contributed by atoms with Crippen LogP contribution in [-0.2, 0) is 6.54 Å². The first-order valence-corrected chi connectivity index (χ1v) is 9.91. The van der Waals surface area contributed by atoms with Crippen LogP contribution >= 0.6 is 0 Å². The zero-order valence-corrected chi connectivity index (χ0v) is 17.8. The smallest absolute Gasteiger partial charge is 0.191 e. The van der Waals surface area contributed by atoms with Gasteiger partial charge in [-0.25, -0.2) is 8.78 Å². The van der Waals surface area contributed by atoms with Crippen molar-refractivity contribution in [3.8, 4) is 0 Å². The van der Waals surface area contributed by atoms with Crippen LogP contribution in [0, 0.1) is 11.6 Å². The van der Waals surface area contributed by atoms with Gasteiger partial charge in [-0.05, 0) is 39.1 Å². The average Bonchev–Trinajstić information content (AvgIpc) is 3.15. The van der Waals surface area contributed by atoms with Gasteiger partial charge in [-0.1, -0.05) is 25.1 Å². The van der Waals surface area contributed by atoms with Crippen LogP contribution in [0.25, 0.3) is 0 Å². The van der Waals surface area contributed by atoms with E-state index in [-0.39, 0.29) is 12.1 Å². The van der Waals surface area contributed by atoms with Crippen molar-refractivity contribution in [2.75, 3.05) is 27.7 Å². The number of rotatable bonds is 9. The Bertz CT molecular complexity index is 782. The van der Waals surface area contributed by atoms with Gasteiger partial charge in [0.2, 0.25) is 0 Å². The Labute approximate surface area is 171 Å². The highest BCUT2D eigenvalue weighted by Gasteiger charge is 2.22. The number of nitrogens with zero attached hydrogens (tertiary/aromatic N) is 3. The fourth-order valence-corrected chi connectivity index (χ4v) is 3.27. The van der Waals surface area contributed by atoms with Crippen LogP contribution in [0.15, 0.2) is 33.8 Å². The lowest BCUT2D eigenvalue weighted by Gasteiger charge is -2.26. The van der Waals surface area contributed by atoms with Crippen LogP contribution in [0.3, 0.4) is 0 Å². The summed E-state index contributed by atoms with van der Waals surface area (Å²) < 4.78 is 33.8. The molecule has 1 heterocycles. The fraction of sp³-hybridized carbons (Fsp3) is 0.524. The van der Waals surface area contributed by atoms with Crippen molar-refractivity contribution in [2.24, 2.45) is 4.99 Å². The second-order valence-electron chi connectivity index (χ2n) is 7.15. The highest BCUT2D eigenvalue weighted by atomic mass is 19.1. The molecule has 0 saturated heterocycles. The van der Waals surface area contributed by atoms with Gasteiger partial charge >= 0.3 is 0 Å². The third-order valence-corrected chi connectivity index (χ3v) is 5.05. The summed E-state index contributed by atoms with van der Waals surface area (Å²) in [7, 11) is 5.20. The van der Waals surface area contributed by atoms with Crippen LogP contribution in [0.5, 0.6) is 0 Å². The van der Waals surface area contributed by atoms with E-state index in [1.807, 2.05) is 6.07 Å². The molecule has 8 heteroatoms. The molecular weight excluding hydrogens is 376 g/mol. The van der Waals surface area contributed by atoms with Crippen LogP contribution in [0.4, 0.5) is 8.78 Å². The third-order valence-electron chi connectivity index (χ3n) is 5.05. The zero-order chi connectivity index (χ0) is 21.4. The third kappa shape index (κ3) is 6.00. The van der Waals surface area contributed by atoms with Gasteiger partial charge in [0, 0.05) is 31.1 Å². The van der Waals surface area contributed by atoms with Gasteiger partial charge in [0.15, 0.2) is 11.7 Å². The summed E-state index contributed by atoms with van der Waals surface area (Å²) in [5, 5.41) is 10.4.